The summed E-state index contributed by atoms with van der Waals surface area (Å²) in [6.07, 6.45) is 2.27. The maximum Gasteiger partial charge on any atom is 0.303 e. The number of aryl methyl sites for hydroxylation is 1. The highest BCUT2D eigenvalue weighted by Crippen LogP contribution is 2.20. The molecule has 2 rings (SSSR count). The number of carbonyl (C=O) groups excluding carboxylic acids is 1. The Hall–Kier alpha value is -1.88. The summed E-state index contributed by atoms with van der Waals surface area (Å²) in [6.45, 7) is 1.14. The summed E-state index contributed by atoms with van der Waals surface area (Å²) in [5.41, 5.74) is 7.16. The van der Waals surface area contributed by atoms with Crippen molar-refractivity contribution < 1.29 is 14.7 Å². The van der Waals surface area contributed by atoms with Gasteiger partial charge in [0.1, 0.15) is 0 Å². The van der Waals surface area contributed by atoms with Crippen LogP contribution in [0.3, 0.4) is 0 Å². The Balaban J connectivity index is 1.79. The number of aliphatic carboxylic acids is 1. The molecular weight excluding hydrogens is 268 g/mol. The molecule has 1 aromatic rings. The van der Waals surface area contributed by atoms with Gasteiger partial charge in [0.2, 0.25) is 5.91 Å². The number of benzene rings is 1. The second-order valence-corrected chi connectivity index (χ2v) is 5.67. The van der Waals surface area contributed by atoms with Gasteiger partial charge >= 0.3 is 5.97 Å². The van der Waals surface area contributed by atoms with Gasteiger partial charge < -0.3 is 15.7 Å². The van der Waals surface area contributed by atoms with Crippen molar-refractivity contribution in [3.05, 3.63) is 35.9 Å². The third-order valence-electron chi connectivity index (χ3n) is 3.96. The van der Waals surface area contributed by atoms with Gasteiger partial charge in [-0.25, -0.2) is 0 Å². The molecule has 0 radical (unpaired) electrons. The molecule has 1 fully saturated rings. The summed E-state index contributed by atoms with van der Waals surface area (Å²) in [4.78, 5) is 24.7. The van der Waals surface area contributed by atoms with E-state index < -0.39 is 12.0 Å². The zero-order valence-corrected chi connectivity index (χ0v) is 12.1. The monoisotopic (exact) mass is 290 g/mol. The molecule has 0 aliphatic carbocycles. The Bertz CT molecular complexity index is 490. The van der Waals surface area contributed by atoms with Gasteiger partial charge in [-0.2, -0.15) is 0 Å². The topological polar surface area (TPSA) is 83.6 Å². The maximum atomic E-state index is 12.3. The molecule has 5 nitrogen and oxygen atoms in total. The molecule has 1 aliphatic rings. The van der Waals surface area contributed by atoms with Crippen LogP contribution in [0.5, 0.6) is 0 Å². The van der Waals surface area contributed by atoms with E-state index in [1.165, 1.54) is 5.56 Å². The molecule has 0 bridgehead atoms. The minimum absolute atomic E-state index is 0.0566. The second kappa shape index (κ2) is 7.22. The number of rotatable bonds is 6. The molecule has 5 heteroatoms. The van der Waals surface area contributed by atoms with Crippen LogP contribution in [0, 0.1) is 5.92 Å². The van der Waals surface area contributed by atoms with Crippen molar-refractivity contribution in [3.63, 3.8) is 0 Å². The highest BCUT2D eigenvalue weighted by molar-refractivity contribution is 5.82. The molecule has 0 saturated carbocycles. The summed E-state index contributed by atoms with van der Waals surface area (Å²) in [5.74, 6) is -0.797. The first-order valence-electron chi connectivity index (χ1n) is 7.36. The smallest absolute Gasteiger partial charge is 0.303 e. The van der Waals surface area contributed by atoms with E-state index in [1.807, 2.05) is 30.3 Å². The fourth-order valence-electron chi connectivity index (χ4n) is 2.77. The SMILES string of the molecule is NC(CCc1ccccc1)C(=O)N1CCC(CC(=O)O)C1. The number of carboxylic acid groups (broad SMARTS) is 1. The van der Waals surface area contributed by atoms with Crippen LogP contribution in [0.1, 0.15) is 24.8 Å². The Morgan fingerprint density at radius 1 is 1.33 bits per heavy atom. The van der Waals surface area contributed by atoms with E-state index in [-0.39, 0.29) is 18.2 Å². The van der Waals surface area contributed by atoms with E-state index in [0.717, 1.165) is 12.8 Å². The zero-order chi connectivity index (χ0) is 15.2. The first kappa shape index (κ1) is 15.5. The lowest BCUT2D eigenvalue weighted by Crippen LogP contribution is -2.43. The average molecular weight is 290 g/mol. The fraction of sp³-hybridized carbons (Fsp3) is 0.500. The molecule has 1 amide bonds. The van der Waals surface area contributed by atoms with Crippen LogP contribution < -0.4 is 5.73 Å². The van der Waals surface area contributed by atoms with E-state index in [0.29, 0.717) is 19.5 Å². The molecule has 0 aromatic heterocycles. The number of nitrogens with two attached hydrogens (primary N) is 1. The fourth-order valence-corrected chi connectivity index (χ4v) is 2.77. The van der Waals surface area contributed by atoms with Gasteiger partial charge in [0.05, 0.1) is 6.04 Å². The summed E-state index contributed by atoms with van der Waals surface area (Å²) in [6, 6.07) is 9.45. The van der Waals surface area contributed by atoms with Crippen LogP contribution >= 0.6 is 0 Å². The number of amides is 1. The van der Waals surface area contributed by atoms with Crippen molar-refractivity contribution in [3.8, 4) is 0 Å². The van der Waals surface area contributed by atoms with Gasteiger partial charge in [0.15, 0.2) is 0 Å². The number of hydrogen-bond acceptors (Lipinski definition) is 3. The Morgan fingerprint density at radius 2 is 2.05 bits per heavy atom. The van der Waals surface area contributed by atoms with E-state index in [1.54, 1.807) is 4.90 Å². The van der Waals surface area contributed by atoms with Crippen molar-refractivity contribution in [1.82, 2.24) is 4.90 Å². The zero-order valence-electron chi connectivity index (χ0n) is 12.1. The van der Waals surface area contributed by atoms with E-state index in [4.69, 9.17) is 10.8 Å². The normalized spacial score (nSPS) is 19.5. The predicted octanol–water partition coefficient (Wildman–Crippen LogP) is 1.27. The van der Waals surface area contributed by atoms with Gasteiger partial charge in [0, 0.05) is 19.5 Å². The number of carboxylic acids is 1. The predicted molar refractivity (Wildman–Crippen MR) is 79.7 cm³/mol. The van der Waals surface area contributed by atoms with Gasteiger partial charge in [0.25, 0.3) is 0 Å². The van der Waals surface area contributed by atoms with Crippen LogP contribution in [0.15, 0.2) is 30.3 Å². The Morgan fingerprint density at radius 3 is 2.71 bits per heavy atom. The maximum absolute atomic E-state index is 12.3. The van der Waals surface area contributed by atoms with Crippen molar-refractivity contribution in [2.24, 2.45) is 11.7 Å². The van der Waals surface area contributed by atoms with Gasteiger partial charge in [-0.3, -0.25) is 9.59 Å². The highest BCUT2D eigenvalue weighted by Gasteiger charge is 2.30. The summed E-state index contributed by atoms with van der Waals surface area (Å²) < 4.78 is 0. The van der Waals surface area contributed by atoms with Crippen LogP contribution in [0.4, 0.5) is 0 Å². The second-order valence-electron chi connectivity index (χ2n) is 5.67. The molecule has 2 atom stereocenters. The molecule has 21 heavy (non-hydrogen) atoms. The van der Waals surface area contributed by atoms with Crippen LogP contribution in [0.25, 0.3) is 0 Å². The van der Waals surface area contributed by atoms with Gasteiger partial charge in [-0.05, 0) is 30.7 Å². The number of likely N-dealkylation sites (tertiary alicyclic amines) is 1. The molecule has 0 spiro atoms. The first-order valence-corrected chi connectivity index (χ1v) is 7.36. The van der Waals surface area contributed by atoms with Crippen molar-refractivity contribution in [2.75, 3.05) is 13.1 Å². The Labute approximate surface area is 124 Å². The summed E-state index contributed by atoms with van der Waals surface area (Å²) >= 11 is 0. The summed E-state index contributed by atoms with van der Waals surface area (Å²) in [5, 5.41) is 8.79. The number of carbonyl (C=O) groups is 2. The molecule has 114 valence electrons. The molecule has 1 aromatic carbocycles. The third-order valence-corrected chi connectivity index (χ3v) is 3.96. The van der Waals surface area contributed by atoms with Crippen LogP contribution in [-0.2, 0) is 16.0 Å². The largest absolute Gasteiger partial charge is 0.481 e. The number of hydrogen-bond donors (Lipinski definition) is 2. The molecule has 1 saturated heterocycles. The first-order chi connectivity index (χ1) is 10.1. The third kappa shape index (κ3) is 4.56. The quantitative estimate of drug-likeness (QED) is 0.826. The number of nitrogens with zero attached hydrogens (tertiary/aromatic N) is 1. The lowest BCUT2D eigenvalue weighted by atomic mass is 10.0. The minimum Gasteiger partial charge on any atom is -0.481 e. The standard InChI is InChI=1S/C16H22N2O3/c17-14(7-6-12-4-2-1-3-5-12)16(21)18-9-8-13(11-18)10-15(19)20/h1-5,13-14H,6-11,17H2,(H,19,20). The minimum atomic E-state index is -0.803. The highest BCUT2D eigenvalue weighted by atomic mass is 16.4. The summed E-state index contributed by atoms with van der Waals surface area (Å²) in [7, 11) is 0. The lowest BCUT2D eigenvalue weighted by molar-refractivity contribution is -0.138. The van der Waals surface area contributed by atoms with Crippen LogP contribution in [-0.4, -0.2) is 41.0 Å². The van der Waals surface area contributed by atoms with Gasteiger partial charge in [-0.15, -0.1) is 0 Å². The molecule has 2 unspecified atom stereocenters. The lowest BCUT2D eigenvalue weighted by Gasteiger charge is -2.20. The van der Waals surface area contributed by atoms with Crippen molar-refractivity contribution in [2.45, 2.75) is 31.7 Å². The van der Waals surface area contributed by atoms with E-state index in [9.17, 15) is 9.59 Å². The van der Waals surface area contributed by atoms with Gasteiger partial charge in [-0.1, -0.05) is 30.3 Å². The van der Waals surface area contributed by atoms with Crippen molar-refractivity contribution >= 4 is 11.9 Å². The molecule has 1 heterocycles. The molecule has 3 N–H and O–H groups in total. The van der Waals surface area contributed by atoms with E-state index in [2.05, 4.69) is 0 Å². The van der Waals surface area contributed by atoms with Crippen molar-refractivity contribution in [1.29, 1.82) is 0 Å². The van der Waals surface area contributed by atoms with E-state index >= 15 is 0 Å². The average Bonchev–Trinajstić information content (AvgIpc) is 2.92. The molecular formula is C16H22N2O3. The molecule has 1 aliphatic heterocycles. The van der Waals surface area contributed by atoms with Crippen LogP contribution in [0.2, 0.25) is 0 Å². The Kier molecular flexibility index (Phi) is 5.33.